The first-order chi connectivity index (χ1) is 31.8. The molecule has 0 aliphatic carbocycles. The minimum atomic E-state index is -0.413. The summed E-state index contributed by atoms with van der Waals surface area (Å²) in [6.45, 7) is 0. The molecule has 3 heterocycles. The Hall–Kier alpha value is -8.08. The van der Waals surface area contributed by atoms with Crippen LogP contribution in [0.25, 0.3) is 111 Å². The lowest BCUT2D eigenvalue weighted by atomic mass is 9.99. The summed E-state index contributed by atoms with van der Waals surface area (Å²) in [6.07, 6.45) is 0. The highest BCUT2D eigenvalue weighted by atomic mass is 15.2. The Morgan fingerprint density at radius 1 is 0.333 bits per heavy atom. The fourth-order valence-corrected chi connectivity index (χ4v) is 8.81. The van der Waals surface area contributed by atoms with Crippen LogP contribution in [0.3, 0.4) is 0 Å². The van der Waals surface area contributed by atoms with Crippen molar-refractivity contribution in [2.45, 2.75) is 0 Å². The van der Waals surface area contributed by atoms with Gasteiger partial charge >= 0.3 is 0 Å². The van der Waals surface area contributed by atoms with Crippen molar-refractivity contribution in [2.24, 2.45) is 0 Å². The van der Waals surface area contributed by atoms with Crippen LogP contribution in [0.4, 0.5) is 0 Å². The van der Waals surface area contributed by atoms with Crippen LogP contribution < -0.4 is 0 Å². The molecule has 0 saturated carbocycles. The highest BCUT2D eigenvalue weighted by Gasteiger charge is 2.19. The van der Waals surface area contributed by atoms with Crippen LogP contribution in [-0.4, -0.2) is 19.1 Å². The van der Waals surface area contributed by atoms with Crippen LogP contribution in [0.2, 0.25) is 0 Å². The highest BCUT2D eigenvalue weighted by molar-refractivity contribution is 6.13. The van der Waals surface area contributed by atoms with Crippen molar-refractivity contribution >= 4 is 54.5 Å². The third-order valence-corrected chi connectivity index (χ3v) is 11.6. The minimum Gasteiger partial charge on any atom is -0.309 e. The molecule has 0 saturated heterocycles. The Balaban J connectivity index is 1.00. The second-order valence-corrected chi connectivity index (χ2v) is 15.1. The highest BCUT2D eigenvalue weighted by Crippen LogP contribution is 2.40. The lowest BCUT2D eigenvalue weighted by molar-refractivity contribution is 1.01. The van der Waals surface area contributed by atoms with E-state index in [1.807, 2.05) is 42.5 Å². The van der Waals surface area contributed by atoms with Gasteiger partial charge in [0.2, 0.25) is 5.95 Å². The van der Waals surface area contributed by atoms with E-state index in [1.165, 1.54) is 21.9 Å². The van der Waals surface area contributed by atoms with E-state index in [0.717, 1.165) is 71.8 Å². The normalized spacial score (nSPS) is 12.8. The van der Waals surface area contributed by atoms with Crippen LogP contribution in [0, 0.1) is 0 Å². The van der Waals surface area contributed by atoms with Crippen molar-refractivity contribution < 1.29 is 6.85 Å². The molecule has 0 fully saturated rings. The van der Waals surface area contributed by atoms with Gasteiger partial charge in [-0.15, -0.1) is 0 Å². The maximum absolute atomic E-state index is 8.53. The van der Waals surface area contributed by atoms with Crippen molar-refractivity contribution in [3.63, 3.8) is 0 Å². The Bertz CT molecular complexity index is 3850. The van der Waals surface area contributed by atoms with E-state index < -0.39 is 6.04 Å². The standard InChI is InChI=1S/C56H36N4/c1-4-14-37(15-5-1)39-24-26-40(27-25-39)55-46-21-10-12-22-50(46)57-56(58-55)60-51-23-13-11-20-45(51)47-35-42(30-33-54(47)60)43-29-32-53-49(36-43)48-34-41(38-16-6-2-7-17-38)28-31-52(48)59(53)44-18-8-3-9-19-44/h1-36H/i1D,4D,5D,14D,15D. The summed E-state index contributed by atoms with van der Waals surface area (Å²) >= 11 is 0. The summed E-state index contributed by atoms with van der Waals surface area (Å²) in [5.41, 5.74) is 12.9. The van der Waals surface area contributed by atoms with E-state index in [4.69, 9.17) is 16.8 Å². The fraction of sp³-hybridized carbons (Fsp3) is 0. The van der Waals surface area contributed by atoms with Gasteiger partial charge in [-0.3, -0.25) is 4.57 Å². The number of benzene rings is 9. The second kappa shape index (κ2) is 13.8. The smallest absolute Gasteiger partial charge is 0.235 e. The Morgan fingerprint density at radius 3 is 1.50 bits per heavy atom. The van der Waals surface area contributed by atoms with Crippen molar-refractivity contribution in [3.8, 4) is 56.3 Å². The van der Waals surface area contributed by atoms with Crippen LogP contribution >= 0.6 is 0 Å². The molecule has 60 heavy (non-hydrogen) atoms. The van der Waals surface area contributed by atoms with E-state index in [-0.39, 0.29) is 29.7 Å². The zero-order valence-corrected chi connectivity index (χ0v) is 32.2. The topological polar surface area (TPSA) is 35.6 Å². The predicted molar refractivity (Wildman–Crippen MR) is 250 cm³/mol. The third kappa shape index (κ3) is 5.53. The number of aromatic nitrogens is 4. The lowest BCUT2D eigenvalue weighted by Gasteiger charge is -2.12. The zero-order chi connectivity index (χ0) is 43.9. The molecule has 12 rings (SSSR count). The summed E-state index contributed by atoms with van der Waals surface area (Å²) in [4.78, 5) is 10.4. The minimum absolute atomic E-state index is 0.163. The first-order valence-corrected chi connectivity index (χ1v) is 20.0. The van der Waals surface area contributed by atoms with Crippen molar-refractivity contribution in [3.05, 3.63) is 218 Å². The van der Waals surface area contributed by atoms with Crippen molar-refractivity contribution in [1.82, 2.24) is 19.1 Å². The Morgan fingerprint density at radius 2 is 0.817 bits per heavy atom. The van der Waals surface area contributed by atoms with E-state index >= 15 is 0 Å². The number of hydrogen-bond acceptors (Lipinski definition) is 2. The van der Waals surface area contributed by atoms with Crippen LogP contribution in [0.5, 0.6) is 0 Å². The number of hydrogen-bond donors (Lipinski definition) is 0. The lowest BCUT2D eigenvalue weighted by Crippen LogP contribution is -2.03. The van der Waals surface area contributed by atoms with Gasteiger partial charge in [0, 0.05) is 38.2 Å². The summed E-state index contributed by atoms with van der Waals surface area (Å²) < 4.78 is 46.0. The maximum Gasteiger partial charge on any atom is 0.235 e. The van der Waals surface area contributed by atoms with E-state index in [9.17, 15) is 0 Å². The first-order valence-electron chi connectivity index (χ1n) is 22.5. The average molecular weight is 770 g/mol. The van der Waals surface area contributed by atoms with Gasteiger partial charge in [-0.1, -0.05) is 158 Å². The van der Waals surface area contributed by atoms with Gasteiger partial charge in [0.05, 0.1) is 40.1 Å². The SMILES string of the molecule is [2H]c1c([2H])c([2H])c(-c2ccc(-c3nc(-n4c5ccccc5c5cc(-c6ccc7c(c6)c6cc(-c8ccccc8)ccc6n7-c6ccccc6)ccc54)nc4ccccc34)cc2)c([2H])c1[2H]. The molecule has 0 bridgehead atoms. The summed E-state index contributed by atoms with van der Waals surface area (Å²) in [6, 6.07) is 63.4. The monoisotopic (exact) mass is 769 g/mol. The molecule has 0 N–H and O–H groups in total. The molecule has 0 radical (unpaired) electrons. The van der Waals surface area contributed by atoms with Crippen LogP contribution in [0.15, 0.2) is 218 Å². The molecule has 0 aliphatic heterocycles. The van der Waals surface area contributed by atoms with E-state index in [1.54, 1.807) is 12.1 Å². The Labute approximate surface area is 353 Å². The largest absolute Gasteiger partial charge is 0.309 e. The molecule has 0 aliphatic rings. The van der Waals surface area contributed by atoms with Crippen LogP contribution in [0.1, 0.15) is 6.85 Å². The maximum atomic E-state index is 8.53. The number of nitrogens with zero attached hydrogens (tertiary/aromatic N) is 4. The van der Waals surface area contributed by atoms with E-state index in [0.29, 0.717) is 11.5 Å². The number of para-hydroxylation sites is 3. The molecule has 0 amide bonds. The molecular weight excluding hydrogens is 729 g/mol. The zero-order valence-electron chi connectivity index (χ0n) is 37.2. The Kier molecular flexibility index (Phi) is 6.71. The molecule has 3 aromatic heterocycles. The molecule has 280 valence electrons. The van der Waals surface area contributed by atoms with Gasteiger partial charge in [-0.2, -0.15) is 0 Å². The first kappa shape index (κ1) is 29.2. The second-order valence-electron chi connectivity index (χ2n) is 15.1. The predicted octanol–water partition coefficient (Wildman–Crippen LogP) is 14.5. The molecule has 9 aromatic carbocycles. The van der Waals surface area contributed by atoms with Crippen LogP contribution in [-0.2, 0) is 0 Å². The van der Waals surface area contributed by atoms with Gasteiger partial charge in [0.1, 0.15) is 0 Å². The summed E-state index contributed by atoms with van der Waals surface area (Å²) in [7, 11) is 0. The van der Waals surface area contributed by atoms with E-state index in [2.05, 4.69) is 143 Å². The average Bonchev–Trinajstić information content (AvgIpc) is 3.87. The molecule has 0 unspecified atom stereocenters. The molecule has 0 spiro atoms. The summed E-state index contributed by atoms with van der Waals surface area (Å²) in [5, 5.41) is 5.41. The molecule has 12 aromatic rings. The molecular formula is C56H36N4. The molecule has 4 nitrogen and oxygen atoms in total. The fourth-order valence-electron chi connectivity index (χ4n) is 8.81. The van der Waals surface area contributed by atoms with Gasteiger partial charge in [0.15, 0.2) is 0 Å². The quantitative estimate of drug-likeness (QED) is 0.169. The van der Waals surface area contributed by atoms with Crippen molar-refractivity contribution in [1.29, 1.82) is 0 Å². The van der Waals surface area contributed by atoms with Gasteiger partial charge in [-0.25, -0.2) is 9.97 Å². The van der Waals surface area contributed by atoms with Gasteiger partial charge in [0.25, 0.3) is 0 Å². The number of fused-ring (bicyclic) bond motifs is 7. The third-order valence-electron chi connectivity index (χ3n) is 11.6. The van der Waals surface area contributed by atoms with Crippen molar-refractivity contribution in [2.75, 3.05) is 0 Å². The molecule has 0 atom stereocenters. The van der Waals surface area contributed by atoms with Gasteiger partial charge in [-0.05, 0) is 94.0 Å². The summed E-state index contributed by atoms with van der Waals surface area (Å²) in [5.74, 6) is 0.525. The number of rotatable bonds is 6. The molecule has 4 heteroatoms. The van der Waals surface area contributed by atoms with Gasteiger partial charge < -0.3 is 4.57 Å².